The summed E-state index contributed by atoms with van der Waals surface area (Å²) in [6.45, 7) is 7.53. The highest BCUT2D eigenvalue weighted by atomic mass is 16.6. The molecule has 0 aliphatic rings. The smallest absolute Gasteiger partial charge is 0.243 e. The van der Waals surface area contributed by atoms with E-state index >= 15 is 0 Å². The number of nitrogens with one attached hydrogen (secondary N) is 1. The van der Waals surface area contributed by atoms with Gasteiger partial charge in [0.2, 0.25) is 11.6 Å². The first kappa shape index (κ1) is 16.2. The van der Waals surface area contributed by atoms with Gasteiger partial charge in [0.05, 0.1) is 17.1 Å². The van der Waals surface area contributed by atoms with E-state index in [4.69, 9.17) is 5.73 Å². The number of rotatable bonds is 5. The van der Waals surface area contributed by atoms with Crippen LogP contribution in [0.4, 0.5) is 5.82 Å². The van der Waals surface area contributed by atoms with Crippen molar-refractivity contribution in [1.29, 1.82) is 0 Å². The summed E-state index contributed by atoms with van der Waals surface area (Å²) in [7, 11) is 0. The molecule has 3 aromatic rings. The molecule has 128 valence electrons. The van der Waals surface area contributed by atoms with Gasteiger partial charge in [-0.3, -0.25) is 5.43 Å². The van der Waals surface area contributed by atoms with Gasteiger partial charge < -0.3 is 10.8 Å². The topological polar surface area (TPSA) is 140 Å². The zero-order valence-electron chi connectivity index (χ0n) is 13.6. The molecular weight excluding hydrogens is 324 g/mol. The lowest BCUT2D eigenvalue weighted by molar-refractivity contribution is 0.306. The minimum Gasteiger partial charge on any atom is -0.508 e. The fourth-order valence-electron chi connectivity index (χ4n) is 2.12. The summed E-state index contributed by atoms with van der Waals surface area (Å²) in [6, 6.07) is 6.71. The highest BCUT2D eigenvalue weighted by molar-refractivity contribution is 5.98. The van der Waals surface area contributed by atoms with E-state index in [0.717, 1.165) is 11.3 Å². The Bertz CT molecular complexity index is 939. The molecule has 10 heteroatoms. The number of nitrogens with two attached hydrogens (primary N) is 1. The maximum atomic E-state index is 9.32. The number of anilines is 1. The fourth-order valence-corrected chi connectivity index (χ4v) is 2.12. The molecule has 1 aromatic carbocycles. The molecule has 0 saturated heterocycles. The summed E-state index contributed by atoms with van der Waals surface area (Å²) in [4.78, 5) is 0. The zero-order valence-corrected chi connectivity index (χ0v) is 13.6. The van der Waals surface area contributed by atoms with Crippen molar-refractivity contribution >= 4 is 17.2 Å². The Kier molecular flexibility index (Phi) is 4.16. The van der Waals surface area contributed by atoms with Gasteiger partial charge in [0, 0.05) is 0 Å². The molecule has 3 rings (SSSR count). The summed E-state index contributed by atoms with van der Waals surface area (Å²) in [5.41, 5.74) is 11.7. The standard InChI is InChI=1S/C15H16N8O2/c1-8(11-4-6-12(24)7-5-11)17-18-9(2)13-10(3)23(22-19-13)15-14(16)20-25-21-15/h4-7,18,24H,2H2,1,3H3,(H2,16,20). The second-order valence-corrected chi connectivity index (χ2v) is 5.24. The van der Waals surface area contributed by atoms with Crippen LogP contribution in [-0.4, -0.2) is 36.1 Å². The largest absolute Gasteiger partial charge is 0.508 e. The van der Waals surface area contributed by atoms with Crippen molar-refractivity contribution in [2.45, 2.75) is 13.8 Å². The van der Waals surface area contributed by atoms with Gasteiger partial charge in [-0.2, -0.15) is 9.78 Å². The molecule has 0 saturated carbocycles. The summed E-state index contributed by atoms with van der Waals surface area (Å²) < 4.78 is 5.98. The second-order valence-electron chi connectivity index (χ2n) is 5.24. The highest BCUT2D eigenvalue weighted by Gasteiger charge is 2.17. The van der Waals surface area contributed by atoms with Crippen molar-refractivity contribution in [3.05, 3.63) is 47.8 Å². The lowest BCUT2D eigenvalue weighted by Crippen LogP contribution is -2.09. The van der Waals surface area contributed by atoms with Crippen LogP contribution in [0, 0.1) is 6.92 Å². The molecule has 0 bridgehead atoms. The van der Waals surface area contributed by atoms with E-state index in [0.29, 0.717) is 17.1 Å². The Morgan fingerprint density at radius 1 is 1.32 bits per heavy atom. The molecule has 25 heavy (non-hydrogen) atoms. The first-order valence-electron chi connectivity index (χ1n) is 7.27. The van der Waals surface area contributed by atoms with Gasteiger partial charge in [0.1, 0.15) is 11.4 Å². The number of hydrogen-bond acceptors (Lipinski definition) is 9. The van der Waals surface area contributed by atoms with E-state index in [-0.39, 0.29) is 17.4 Å². The predicted molar refractivity (Wildman–Crippen MR) is 90.9 cm³/mol. The number of phenols is 1. The van der Waals surface area contributed by atoms with Crippen LogP contribution in [0.25, 0.3) is 11.5 Å². The van der Waals surface area contributed by atoms with Crippen molar-refractivity contribution < 1.29 is 9.74 Å². The third-order valence-electron chi connectivity index (χ3n) is 3.52. The predicted octanol–water partition coefficient (Wildman–Crippen LogP) is 1.23. The third kappa shape index (κ3) is 3.17. The van der Waals surface area contributed by atoms with Crippen LogP contribution in [0.5, 0.6) is 5.75 Å². The van der Waals surface area contributed by atoms with Crippen molar-refractivity contribution in [3.8, 4) is 11.6 Å². The average molecular weight is 340 g/mol. The van der Waals surface area contributed by atoms with Gasteiger partial charge in [-0.25, -0.2) is 4.63 Å². The minimum absolute atomic E-state index is 0.110. The molecule has 0 radical (unpaired) electrons. The third-order valence-corrected chi connectivity index (χ3v) is 3.52. The van der Waals surface area contributed by atoms with E-state index in [9.17, 15) is 5.11 Å². The lowest BCUT2D eigenvalue weighted by atomic mass is 10.1. The number of benzene rings is 1. The molecule has 0 aliphatic heterocycles. The first-order valence-corrected chi connectivity index (χ1v) is 7.27. The Morgan fingerprint density at radius 3 is 2.68 bits per heavy atom. The summed E-state index contributed by atoms with van der Waals surface area (Å²) in [5, 5.41) is 28.8. The summed E-state index contributed by atoms with van der Waals surface area (Å²) in [5.74, 6) is 0.565. The van der Waals surface area contributed by atoms with E-state index in [1.165, 1.54) is 4.68 Å². The maximum Gasteiger partial charge on any atom is 0.243 e. The fraction of sp³-hybridized carbons (Fsp3) is 0.133. The minimum atomic E-state index is 0.110. The lowest BCUT2D eigenvalue weighted by Gasteiger charge is -2.05. The van der Waals surface area contributed by atoms with Crippen LogP contribution >= 0.6 is 0 Å². The van der Waals surface area contributed by atoms with Gasteiger partial charge in [-0.05, 0) is 54.0 Å². The van der Waals surface area contributed by atoms with Gasteiger partial charge >= 0.3 is 0 Å². The molecule has 2 aromatic heterocycles. The van der Waals surface area contributed by atoms with Crippen LogP contribution in [0.2, 0.25) is 0 Å². The normalized spacial score (nSPS) is 11.5. The molecule has 2 heterocycles. The Hall–Kier alpha value is -3.69. The molecule has 4 N–H and O–H groups in total. The molecule has 0 unspecified atom stereocenters. The molecule has 10 nitrogen and oxygen atoms in total. The molecular formula is C15H16N8O2. The van der Waals surface area contributed by atoms with Crippen LogP contribution in [-0.2, 0) is 0 Å². The zero-order chi connectivity index (χ0) is 18.0. The van der Waals surface area contributed by atoms with Crippen molar-refractivity contribution in [2.24, 2.45) is 5.10 Å². The van der Waals surface area contributed by atoms with Gasteiger partial charge in [-0.1, -0.05) is 11.8 Å². The van der Waals surface area contributed by atoms with E-state index in [1.807, 2.05) is 6.92 Å². The van der Waals surface area contributed by atoms with Gasteiger partial charge in [0.25, 0.3) is 0 Å². The number of hydrogen-bond donors (Lipinski definition) is 3. The van der Waals surface area contributed by atoms with Crippen LogP contribution in [0.15, 0.2) is 40.6 Å². The summed E-state index contributed by atoms with van der Waals surface area (Å²) in [6.07, 6.45) is 0. The number of nitrogens with zero attached hydrogens (tertiary/aromatic N) is 6. The van der Waals surface area contributed by atoms with Crippen LogP contribution < -0.4 is 11.2 Å². The number of aromatic nitrogens is 5. The van der Waals surface area contributed by atoms with Crippen LogP contribution in [0.1, 0.15) is 23.9 Å². The van der Waals surface area contributed by atoms with E-state index in [2.05, 4.69) is 42.4 Å². The number of hydrazone groups is 1. The number of phenolic OH excluding ortho intramolecular Hbond substituents is 1. The number of aromatic hydroxyl groups is 1. The molecule has 0 spiro atoms. The van der Waals surface area contributed by atoms with Crippen molar-refractivity contribution in [1.82, 2.24) is 30.7 Å². The van der Waals surface area contributed by atoms with Crippen molar-refractivity contribution in [2.75, 3.05) is 5.73 Å². The quantitative estimate of drug-likeness (QED) is 0.465. The Morgan fingerprint density at radius 2 is 2.04 bits per heavy atom. The highest BCUT2D eigenvalue weighted by Crippen LogP contribution is 2.18. The molecule has 0 aliphatic carbocycles. The van der Waals surface area contributed by atoms with Crippen molar-refractivity contribution in [3.63, 3.8) is 0 Å². The van der Waals surface area contributed by atoms with Gasteiger partial charge in [-0.15, -0.1) is 5.10 Å². The Balaban J connectivity index is 1.78. The summed E-state index contributed by atoms with van der Waals surface area (Å²) >= 11 is 0. The number of nitrogen functional groups attached to an aromatic ring is 1. The second kappa shape index (κ2) is 6.43. The molecule has 0 atom stereocenters. The van der Waals surface area contributed by atoms with E-state index in [1.54, 1.807) is 31.2 Å². The molecule has 0 fully saturated rings. The maximum absolute atomic E-state index is 9.32. The van der Waals surface area contributed by atoms with Gasteiger partial charge in [0.15, 0.2) is 0 Å². The monoisotopic (exact) mass is 340 g/mol. The van der Waals surface area contributed by atoms with E-state index < -0.39 is 0 Å². The SMILES string of the molecule is C=C(NN=C(C)c1ccc(O)cc1)c1nnn(-c2nonc2N)c1C. The van der Waals surface area contributed by atoms with Crippen LogP contribution in [0.3, 0.4) is 0 Å². The Labute approximate surface area is 142 Å². The molecule has 0 amide bonds. The first-order chi connectivity index (χ1) is 12.0. The average Bonchev–Trinajstić information content (AvgIpc) is 3.18.